The fourth-order valence-corrected chi connectivity index (χ4v) is 2.03. The van der Waals surface area contributed by atoms with Crippen LogP contribution in [0.5, 0.6) is 0 Å². The predicted molar refractivity (Wildman–Crippen MR) is 58.0 cm³/mol. The monoisotopic (exact) mass is 207 g/mol. The molecule has 0 aliphatic carbocycles. The minimum atomic E-state index is 0.0894. The maximum atomic E-state index is 11.1. The van der Waals surface area contributed by atoms with Crippen molar-refractivity contribution >= 4 is 5.78 Å². The lowest BCUT2D eigenvalue weighted by Gasteiger charge is -2.13. The lowest BCUT2D eigenvalue weighted by atomic mass is 10.2. The molecule has 0 N–H and O–H groups in total. The zero-order chi connectivity index (χ0) is 10.8. The fraction of sp³-hybridized carbons (Fsp3) is 0.636. The van der Waals surface area contributed by atoms with E-state index in [0.717, 1.165) is 26.1 Å². The first-order valence-corrected chi connectivity index (χ1v) is 5.48. The van der Waals surface area contributed by atoms with Crippen molar-refractivity contribution in [1.29, 1.82) is 0 Å². The van der Waals surface area contributed by atoms with Gasteiger partial charge in [-0.15, -0.1) is 0 Å². The fourth-order valence-electron chi connectivity index (χ4n) is 2.03. The van der Waals surface area contributed by atoms with Crippen molar-refractivity contribution in [2.75, 3.05) is 19.6 Å². The van der Waals surface area contributed by atoms with E-state index in [1.807, 2.05) is 10.9 Å². The minimum Gasteiger partial charge on any atom is -0.301 e. The Labute approximate surface area is 89.9 Å². The molecule has 2 heterocycles. The Balaban J connectivity index is 2.07. The van der Waals surface area contributed by atoms with Crippen LogP contribution in [-0.4, -0.2) is 40.1 Å². The molecule has 82 valence electrons. The number of hydrogen-bond acceptors (Lipinski definition) is 3. The van der Waals surface area contributed by atoms with Crippen LogP contribution in [0.15, 0.2) is 12.4 Å². The van der Waals surface area contributed by atoms with Gasteiger partial charge >= 0.3 is 0 Å². The first kappa shape index (κ1) is 10.4. The number of hydrogen-bond donors (Lipinski definition) is 0. The highest BCUT2D eigenvalue weighted by Crippen LogP contribution is 2.20. The second-order valence-corrected chi connectivity index (χ2v) is 4.10. The van der Waals surface area contributed by atoms with Crippen molar-refractivity contribution < 1.29 is 4.79 Å². The Bertz CT molecular complexity index is 358. The average molecular weight is 207 g/mol. The third kappa shape index (κ3) is 2.09. The van der Waals surface area contributed by atoms with E-state index in [1.54, 1.807) is 13.1 Å². The molecule has 4 heteroatoms. The molecule has 2 rings (SSSR count). The van der Waals surface area contributed by atoms with Gasteiger partial charge in [0.15, 0.2) is 5.78 Å². The molecule has 0 bridgehead atoms. The van der Waals surface area contributed by atoms with Crippen LogP contribution in [0.1, 0.15) is 36.7 Å². The number of carbonyl (C=O) groups is 1. The highest BCUT2D eigenvalue weighted by atomic mass is 16.1. The van der Waals surface area contributed by atoms with Gasteiger partial charge < -0.3 is 4.90 Å². The summed E-state index contributed by atoms with van der Waals surface area (Å²) in [5.41, 5.74) is 0.713. The molecule has 0 radical (unpaired) electrons. The number of rotatable bonds is 3. The number of likely N-dealkylation sites (N-methyl/N-ethyl adjacent to an activating group) is 1. The van der Waals surface area contributed by atoms with E-state index in [9.17, 15) is 4.79 Å². The summed E-state index contributed by atoms with van der Waals surface area (Å²) in [4.78, 5) is 13.5. The number of Topliss-reactive ketones (excluding diaryl/α,β-unsaturated/α-hetero) is 1. The van der Waals surface area contributed by atoms with Gasteiger partial charge in [-0.25, -0.2) is 0 Å². The van der Waals surface area contributed by atoms with E-state index in [-0.39, 0.29) is 5.78 Å². The minimum absolute atomic E-state index is 0.0894. The molecule has 0 saturated carbocycles. The van der Waals surface area contributed by atoms with Gasteiger partial charge in [-0.05, 0) is 19.9 Å². The van der Waals surface area contributed by atoms with Crippen LogP contribution < -0.4 is 0 Å². The van der Waals surface area contributed by atoms with Crippen LogP contribution in [0.3, 0.4) is 0 Å². The third-order valence-corrected chi connectivity index (χ3v) is 3.08. The van der Waals surface area contributed by atoms with E-state index in [0.29, 0.717) is 11.6 Å². The van der Waals surface area contributed by atoms with Crippen molar-refractivity contribution in [3.05, 3.63) is 18.0 Å². The Morgan fingerprint density at radius 2 is 2.47 bits per heavy atom. The Kier molecular flexibility index (Phi) is 2.86. The number of aromatic nitrogens is 2. The number of nitrogens with zero attached hydrogens (tertiary/aromatic N) is 3. The van der Waals surface area contributed by atoms with Crippen molar-refractivity contribution in [3.63, 3.8) is 0 Å². The summed E-state index contributed by atoms with van der Waals surface area (Å²) < 4.78 is 1.94. The first-order chi connectivity index (χ1) is 7.20. The quantitative estimate of drug-likeness (QED) is 0.702. The molecule has 1 saturated heterocycles. The van der Waals surface area contributed by atoms with Crippen LogP contribution in [-0.2, 0) is 0 Å². The first-order valence-electron chi connectivity index (χ1n) is 5.48. The van der Waals surface area contributed by atoms with Gasteiger partial charge in [-0.2, -0.15) is 5.10 Å². The molecule has 1 aromatic heterocycles. The molecule has 1 aromatic rings. The van der Waals surface area contributed by atoms with Crippen molar-refractivity contribution in [3.8, 4) is 0 Å². The summed E-state index contributed by atoms with van der Waals surface area (Å²) in [7, 11) is 0. The topological polar surface area (TPSA) is 38.1 Å². The molecule has 0 aromatic carbocycles. The van der Waals surface area contributed by atoms with Crippen molar-refractivity contribution in [1.82, 2.24) is 14.7 Å². The molecule has 1 atom stereocenters. The molecule has 1 unspecified atom stereocenters. The van der Waals surface area contributed by atoms with Crippen LogP contribution in [0.4, 0.5) is 0 Å². The maximum Gasteiger partial charge on any atom is 0.162 e. The van der Waals surface area contributed by atoms with Crippen molar-refractivity contribution in [2.45, 2.75) is 26.3 Å². The van der Waals surface area contributed by atoms with Crippen LogP contribution in [0.2, 0.25) is 0 Å². The van der Waals surface area contributed by atoms with Crippen LogP contribution in [0, 0.1) is 0 Å². The number of ketones is 1. The smallest absolute Gasteiger partial charge is 0.162 e. The van der Waals surface area contributed by atoms with E-state index >= 15 is 0 Å². The Morgan fingerprint density at radius 3 is 3.00 bits per heavy atom. The van der Waals surface area contributed by atoms with Gasteiger partial charge in [0.25, 0.3) is 0 Å². The van der Waals surface area contributed by atoms with Crippen LogP contribution >= 0.6 is 0 Å². The summed E-state index contributed by atoms with van der Waals surface area (Å²) in [5.74, 6) is 0.0894. The Hall–Kier alpha value is -1.16. The highest BCUT2D eigenvalue weighted by Gasteiger charge is 2.23. The molecular formula is C11H17N3O. The van der Waals surface area contributed by atoms with Crippen molar-refractivity contribution in [2.24, 2.45) is 0 Å². The average Bonchev–Trinajstić information content (AvgIpc) is 2.86. The molecule has 0 amide bonds. The molecule has 4 nitrogen and oxygen atoms in total. The zero-order valence-corrected chi connectivity index (χ0v) is 9.31. The largest absolute Gasteiger partial charge is 0.301 e. The molecular weight excluding hydrogens is 190 g/mol. The van der Waals surface area contributed by atoms with E-state index in [4.69, 9.17) is 0 Å². The molecule has 1 aliphatic heterocycles. The molecule has 1 aliphatic rings. The van der Waals surface area contributed by atoms with E-state index in [1.165, 1.54) is 0 Å². The summed E-state index contributed by atoms with van der Waals surface area (Å²) >= 11 is 0. The number of carbonyl (C=O) groups excluding carboxylic acids is 1. The summed E-state index contributed by atoms with van der Waals surface area (Å²) in [6, 6.07) is 0.443. The maximum absolute atomic E-state index is 11.1. The van der Waals surface area contributed by atoms with Gasteiger partial charge in [0, 0.05) is 19.3 Å². The molecule has 0 spiro atoms. The lowest BCUT2D eigenvalue weighted by Crippen LogP contribution is -2.21. The lowest BCUT2D eigenvalue weighted by molar-refractivity contribution is 0.101. The van der Waals surface area contributed by atoms with Gasteiger partial charge in [-0.3, -0.25) is 9.48 Å². The Morgan fingerprint density at radius 1 is 1.67 bits per heavy atom. The highest BCUT2D eigenvalue weighted by molar-refractivity contribution is 5.93. The van der Waals surface area contributed by atoms with Gasteiger partial charge in [-0.1, -0.05) is 6.92 Å². The third-order valence-electron chi connectivity index (χ3n) is 3.08. The number of likely N-dealkylation sites (tertiary alicyclic amines) is 1. The second-order valence-electron chi connectivity index (χ2n) is 4.10. The summed E-state index contributed by atoms with van der Waals surface area (Å²) in [6.07, 6.45) is 4.66. The molecule has 1 fully saturated rings. The van der Waals surface area contributed by atoms with Gasteiger partial charge in [0.1, 0.15) is 0 Å². The van der Waals surface area contributed by atoms with Crippen LogP contribution in [0.25, 0.3) is 0 Å². The molecule has 15 heavy (non-hydrogen) atoms. The van der Waals surface area contributed by atoms with E-state index in [2.05, 4.69) is 16.9 Å². The predicted octanol–water partition coefficient (Wildman–Crippen LogP) is 1.35. The normalized spacial score (nSPS) is 22.1. The van der Waals surface area contributed by atoms with Gasteiger partial charge in [0.05, 0.1) is 17.8 Å². The zero-order valence-electron chi connectivity index (χ0n) is 9.31. The standard InChI is InChI=1S/C11H17N3O/c1-3-13-5-4-11(8-13)14-7-10(6-12-14)9(2)15/h6-7,11H,3-5,8H2,1-2H3. The second kappa shape index (κ2) is 4.14. The van der Waals surface area contributed by atoms with E-state index < -0.39 is 0 Å². The van der Waals surface area contributed by atoms with Gasteiger partial charge in [0.2, 0.25) is 0 Å². The summed E-state index contributed by atoms with van der Waals surface area (Å²) in [6.45, 7) is 7.03. The summed E-state index contributed by atoms with van der Waals surface area (Å²) in [5, 5.41) is 4.26. The SMILES string of the molecule is CCN1CCC(n2cc(C(C)=O)cn2)C1.